The molecule has 5 nitrogen and oxygen atoms in total. The van der Waals surface area contributed by atoms with Crippen molar-refractivity contribution in [3.05, 3.63) is 102 Å². The Morgan fingerprint density at radius 2 is 1.70 bits per heavy atom. The Morgan fingerprint density at radius 1 is 1.03 bits per heavy atom. The zero-order valence-corrected chi connectivity index (χ0v) is 19.1. The van der Waals surface area contributed by atoms with Crippen LogP contribution in [0.1, 0.15) is 40.9 Å². The van der Waals surface area contributed by atoms with Gasteiger partial charge in [0.1, 0.15) is 11.4 Å². The lowest BCUT2D eigenvalue weighted by Gasteiger charge is -2.47. The number of ether oxygens (including phenoxy) is 1. The van der Waals surface area contributed by atoms with Gasteiger partial charge in [0, 0.05) is 24.7 Å². The maximum absolute atomic E-state index is 13.8. The zero-order valence-electron chi connectivity index (χ0n) is 19.1. The van der Waals surface area contributed by atoms with E-state index in [1.165, 1.54) is 0 Å². The number of benzene rings is 3. The second-order valence-corrected chi connectivity index (χ2v) is 8.78. The van der Waals surface area contributed by atoms with Crippen LogP contribution in [0.15, 0.2) is 84.9 Å². The van der Waals surface area contributed by atoms with Crippen molar-refractivity contribution in [2.45, 2.75) is 31.1 Å². The van der Waals surface area contributed by atoms with Gasteiger partial charge in [-0.25, -0.2) is 0 Å². The van der Waals surface area contributed by atoms with Crippen molar-refractivity contribution >= 4 is 5.78 Å². The van der Waals surface area contributed by atoms with Crippen molar-refractivity contribution in [2.24, 2.45) is 5.92 Å². The molecule has 1 saturated heterocycles. The van der Waals surface area contributed by atoms with E-state index in [4.69, 9.17) is 4.74 Å². The Balaban J connectivity index is 1.66. The van der Waals surface area contributed by atoms with E-state index in [-0.39, 0.29) is 11.8 Å². The van der Waals surface area contributed by atoms with Gasteiger partial charge in [0.2, 0.25) is 0 Å². The van der Waals surface area contributed by atoms with Gasteiger partial charge in [-0.15, -0.1) is 0 Å². The minimum Gasteiger partial charge on any atom is -0.497 e. The van der Waals surface area contributed by atoms with Gasteiger partial charge < -0.3 is 14.9 Å². The minimum atomic E-state index is -1.30. The predicted molar refractivity (Wildman–Crippen MR) is 128 cm³/mol. The Bertz CT molecular complexity index is 1070. The highest BCUT2D eigenvalue weighted by molar-refractivity contribution is 5.99. The number of rotatable bonds is 7. The summed E-state index contributed by atoms with van der Waals surface area (Å²) < 4.78 is 5.31. The number of hydrogen-bond donors (Lipinski definition) is 2. The molecule has 5 heteroatoms. The van der Waals surface area contributed by atoms with Crippen LogP contribution in [-0.2, 0) is 5.60 Å². The van der Waals surface area contributed by atoms with Gasteiger partial charge in [0.25, 0.3) is 0 Å². The van der Waals surface area contributed by atoms with Crippen molar-refractivity contribution in [1.29, 1.82) is 0 Å². The summed E-state index contributed by atoms with van der Waals surface area (Å²) in [6.07, 6.45) is -0.301. The molecule has 2 N–H and O–H groups in total. The highest BCUT2D eigenvalue weighted by Crippen LogP contribution is 2.41. The Kier molecular flexibility index (Phi) is 6.94. The second-order valence-electron chi connectivity index (χ2n) is 8.78. The highest BCUT2D eigenvalue weighted by atomic mass is 16.5. The van der Waals surface area contributed by atoms with Crippen LogP contribution in [0.25, 0.3) is 0 Å². The lowest BCUT2D eigenvalue weighted by Crippen LogP contribution is -2.56. The monoisotopic (exact) mass is 445 g/mol. The molecule has 4 unspecified atom stereocenters. The summed E-state index contributed by atoms with van der Waals surface area (Å²) in [5.74, 6) is -0.220. The van der Waals surface area contributed by atoms with Gasteiger partial charge in [0.15, 0.2) is 5.78 Å². The van der Waals surface area contributed by atoms with Gasteiger partial charge in [0.05, 0.1) is 19.1 Å². The maximum atomic E-state index is 13.8. The summed E-state index contributed by atoms with van der Waals surface area (Å²) in [6.45, 7) is 2.88. The van der Waals surface area contributed by atoms with E-state index in [0.29, 0.717) is 30.8 Å². The molecule has 0 amide bonds. The fourth-order valence-corrected chi connectivity index (χ4v) is 4.81. The maximum Gasteiger partial charge on any atom is 0.170 e. The van der Waals surface area contributed by atoms with Crippen LogP contribution in [0.4, 0.5) is 0 Å². The number of carbonyl (C=O) groups is 1. The Labute approximate surface area is 195 Å². The molecule has 0 aliphatic carbocycles. The number of piperidine rings is 1. The molecule has 0 saturated carbocycles. The molecular weight excluding hydrogens is 414 g/mol. The SMILES string of the molecule is COc1cccc(C(=O)C2CN(C(C)C(O)c3ccccc3)CCC2(O)c2ccccc2)c1. The molecule has 33 heavy (non-hydrogen) atoms. The lowest BCUT2D eigenvalue weighted by atomic mass is 9.72. The summed E-state index contributed by atoms with van der Waals surface area (Å²) in [5, 5.41) is 22.9. The number of aliphatic hydroxyl groups is 2. The number of hydrogen-bond acceptors (Lipinski definition) is 5. The molecule has 0 aromatic heterocycles. The fraction of sp³-hybridized carbons (Fsp3) is 0.321. The third-order valence-corrected chi connectivity index (χ3v) is 6.89. The first-order chi connectivity index (χ1) is 15.9. The molecule has 0 radical (unpaired) electrons. The van der Waals surface area contributed by atoms with Crippen LogP contribution in [0.2, 0.25) is 0 Å². The van der Waals surface area contributed by atoms with Gasteiger partial charge >= 0.3 is 0 Å². The van der Waals surface area contributed by atoms with Gasteiger partial charge in [-0.3, -0.25) is 9.69 Å². The molecule has 1 heterocycles. The lowest BCUT2D eigenvalue weighted by molar-refractivity contribution is -0.0823. The zero-order chi connectivity index (χ0) is 23.4. The third-order valence-electron chi connectivity index (χ3n) is 6.89. The summed E-state index contributed by atoms with van der Waals surface area (Å²) >= 11 is 0. The summed E-state index contributed by atoms with van der Waals surface area (Å²) in [5.41, 5.74) is 0.786. The average Bonchev–Trinajstić information content (AvgIpc) is 2.88. The van der Waals surface area contributed by atoms with Crippen molar-refractivity contribution in [1.82, 2.24) is 4.90 Å². The second kappa shape index (κ2) is 9.87. The molecule has 4 rings (SSSR count). The topological polar surface area (TPSA) is 70.0 Å². The molecule has 3 aromatic rings. The Hall–Kier alpha value is -2.99. The summed E-state index contributed by atoms with van der Waals surface area (Å²) in [6, 6.07) is 25.8. The van der Waals surface area contributed by atoms with E-state index in [1.807, 2.05) is 67.6 Å². The van der Waals surface area contributed by atoms with Crippen molar-refractivity contribution in [3.8, 4) is 5.75 Å². The van der Waals surface area contributed by atoms with E-state index < -0.39 is 17.6 Å². The standard InChI is InChI=1S/C28H31NO4/c1-20(26(30)21-10-5-3-6-11-21)29-17-16-28(32,23-13-7-4-8-14-23)25(19-29)27(31)22-12-9-15-24(18-22)33-2/h3-15,18,20,25-26,30,32H,16-17,19H2,1-2H3. The van der Waals surface area contributed by atoms with Crippen molar-refractivity contribution in [2.75, 3.05) is 20.2 Å². The van der Waals surface area contributed by atoms with E-state index in [9.17, 15) is 15.0 Å². The molecule has 1 fully saturated rings. The van der Waals surface area contributed by atoms with Gasteiger partial charge in [-0.05, 0) is 36.6 Å². The fourth-order valence-electron chi connectivity index (χ4n) is 4.81. The first kappa shape index (κ1) is 23.2. The van der Waals surface area contributed by atoms with Gasteiger partial charge in [-0.2, -0.15) is 0 Å². The predicted octanol–water partition coefficient (Wildman–Crippen LogP) is 4.21. The van der Waals surface area contributed by atoms with E-state index in [1.54, 1.807) is 31.4 Å². The number of nitrogens with zero attached hydrogens (tertiary/aromatic N) is 1. The minimum absolute atomic E-state index is 0.133. The molecule has 0 spiro atoms. The number of carbonyl (C=O) groups excluding carboxylic acids is 1. The Morgan fingerprint density at radius 3 is 2.36 bits per heavy atom. The van der Waals surface area contributed by atoms with Crippen molar-refractivity contribution in [3.63, 3.8) is 0 Å². The third kappa shape index (κ3) is 4.71. The van der Waals surface area contributed by atoms with E-state index in [0.717, 1.165) is 11.1 Å². The molecule has 0 bridgehead atoms. The molecule has 3 aromatic carbocycles. The van der Waals surface area contributed by atoms with Crippen LogP contribution >= 0.6 is 0 Å². The normalized spacial score (nSPS) is 23.0. The van der Waals surface area contributed by atoms with Crippen LogP contribution in [0, 0.1) is 5.92 Å². The number of Topliss-reactive ketones (excluding diaryl/α,β-unsaturated/α-hetero) is 1. The van der Waals surface area contributed by atoms with Crippen LogP contribution in [0.5, 0.6) is 5.75 Å². The number of likely N-dealkylation sites (tertiary alicyclic amines) is 1. The van der Waals surface area contributed by atoms with E-state index in [2.05, 4.69) is 4.90 Å². The van der Waals surface area contributed by atoms with E-state index >= 15 is 0 Å². The van der Waals surface area contributed by atoms with Crippen LogP contribution in [0.3, 0.4) is 0 Å². The first-order valence-corrected chi connectivity index (χ1v) is 11.4. The van der Waals surface area contributed by atoms with Gasteiger partial charge in [-0.1, -0.05) is 72.8 Å². The number of ketones is 1. The largest absolute Gasteiger partial charge is 0.497 e. The quantitative estimate of drug-likeness (QED) is 0.533. The molecule has 172 valence electrons. The first-order valence-electron chi connectivity index (χ1n) is 11.4. The summed E-state index contributed by atoms with van der Waals surface area (Å²) in [7, 11) is 1.57. The molecule has 1 aliphatic rings. The number of aliphatic hydroxyl groups excluding tert-OH is 1. The van der Waals surface area contributed by atoms with Crippen molar-refractivity contribution < 1.29 is 19.7 Å². The average molecular weight is 446 g/mol. The summed E-state index contributed by atoms with van der Waals surface area (Å²) in [4.78, 5) is 15.9. The smallest absolute Gasteiger partial charge is 0.170 e. The number of methoxy groups -OCH3 is 1. The molecule has 1 aliphatic heterocycles. The van der Waals surface area contributed by atoms with Crippen LogP contribution < -0.4 is 4.74 Å². The highest BCUT2D eigenvalue weighted by Gasteiger charge is 2.48. The van der Waals surface area contributed by atoms with Crippen LogP contribution in [-0.4, -0.2) is 47.1 Å². The molecule has 4 atom stereocenters. The molecular formula is C28H31NO4.